The summed E-state index contributed by atoms with van der Waals surface area (Å²) in [5.74, 6) is -0.784. The normalized spacial score (nSPS) is 12.3. The monoisotopic (exact) mass is 203 g/mol. The Balaban J connectivity index is 2.80. The minimum atomic E-state index is -5.13. The summed E-state index contributed by atoms with van der Waals surface area (Å²) in [6.45, 7) is -5.13. The molecule has 0 aliphatic rings. The van der Waals surface area contributed by atoms with Gasteiger partial charge in [0.25, 0.3) is 0 Å². The second-order valence-corrected chi connectivity index (χ2v) is 2.87. The van der Waals surface area contributed by atoms with Gasteiger partial charge in [0, 0.05) is 0 Å². The van der Waals surface area contributed by atoms with E-state index in [2.05, 4.69) is 4.42 Å². The molecule has 1 aromatic heterocycles. The van der Waals surface area contributed by atoms with E-state index in [0.29, 0.717) is 0 Å². The van der Waals surface area contributed by atoms with Crippen molar-refractivity contribution in [3.63, 3.8) is 0 Å². The van der Waals surface area contributed by atoms with E-state index in [-0.39, 0.29) is 11.0 Å². The van der Waals surface area contributed by atoms with Crippen LogP contribution in [0.5, 0.6) is 0 Å². The lowest BCUT2D eigenvalue weighted by molar-refractivity contribution is 0.501. The van der Waals surface area contributed by atoms with Gasteiger partial charge in [0.15, 0.2) is 11.4 Å². The highest BCUT2D eigenvalue weighted by molar-refractivity contribution is 6.75. The molecule has 0 unspecified atom stereocenters. The Hall–Kier alpha value is -1.46. The van der Waals surface area contributed by atoms with Crippen LogP contribution < -0.4 is 5.46 Å². The first kappa shape index (κ1) is 9.11. The zero-order chi connectivity index (χ0) is 10.3. The molecule has 1 aromatic carbocycles. The molecule has 2 aromatic rings. The summed E-state index contributed by atoms with van der Waals surface area (Å²) in [6.07, 6.45) is 1.04. The highest BCUT2D eigenvalue weighted by atomic mass is 19.4. The van der Waals surface area contributed by atoms with Crippen LogP contribution in [-0.2, 0) is 0 Å². The standard InChI is InChI=1S/C8H4BF4O/c10-7-2-1-6(9(11,12)13)5-3-4-14-8(5)7/h1-4H/q-1. The summed E-state index contributed by atoms with van der Waals surface area (Å²) >= 11 is 0. The summed E-state index contributed by atoms with van der Waals surface area (Å²) in [4.78, 5) is 0. The predicted octanol–water partition coefficient (Wildman–Crippen LogP) is 2.63. The lowest BCUT2D eigenvalue weighted by atomic mass is 9.78. The van der Waals surface area contributed by atoms with Crippen LogP contribution in [0.25, 0.3) is 11.0 Å². The van der Waals surface area contributed by atoms with Gasteiger partial charge >= 0.3 is 6.98 Å². The Morgan fingerprint density at radius 1 is 1.07 bits per heavy atom. The molecule has 0 fully saturated rings. The van der Waals surface area contributed by atoms with E-state index in [9.17, 15) is 17.3 Å². The first-order valence-electron chi connectivity index (χ1n) is 3.85. The van der Waals surface area contributed by atoms with E-state index in [1.54, 1.807) is 0 Å². The van der Waals surface area contributed by atoms with Gasteiger partial charge in [-0.3, -0.25) is 0 Å². The third-order valence-corrected chi connectivity index (χ3v) is 1.96. The van der Waals surface area contributed by atoms with Crippen LogP contribution >= 0.6 is 0 Å². The van der Waals surface area contributed by atoms with E-state index in [0.717, 1.165) is 24.5 Å². The van der Waals surface area contributed by atoms with Gasteiger partial charge in [0.05, 0.1) is 6.26 Å². The Morgan fingerprint density at radius 2 is 1.79 bits per heavy atom. The van der Waals surface area contributed by atoms with Crippen molar-refractivity contribution in [3.8, 4) is 0 Å². The van der Waals surface area contributed by atoms with Crippen molar-refractivity contribution in [1.82, 2.24) is 0 Å². The molecular weight excluding hydrogens is 199 g/mol. The van der Waals surface area contributed by atoms with E-state index < -0.39 is 18.3 Å². The number of benzene rings is 1. The molecule has 1 nitrogen and oxygen atoms in total. The van der Waals surface area contributed by atoms with Crippen LogP contribution in [0, 0.1) is 5.82 Å². The maximum atomic E-state index is 12.9. The maximum absolute atomic E-state index is 12.9. The van der Waals surface area contributed by atoms with Crippen molar-refractivity contribution in [2.24, 2.45) is 0 Å². The molecule has 1 heterocycles. The van der Waals surface area contributed by atoms with Crippen molar-refractivity contribution in [1.29, 1.82) is 0 Å². The van der Waals surface area contributed by atoms with Gasteiger partial charge in [-0.2, -0.15) is 0 Å². The number of hydrogen-bond donors (Lipinski definition) is 0. The fourth-order valence-corrected chi connectivity index (χ4v) is 1.34. The number of fused-ring (bicyclic) bond motifs is 1. The average molecular weight is 203 g/mol. The molecule has 6 heteroatoms. The molecule has 14 heavy (non-hydrogen) atoms. The molecule has 0 bridgehead atoms. The number of rotatable bonds is 1. The van der Waals surface area contributed by atoms with E-state index >= 15 is 0 Å². The van der Waals surface area contributed by atoms with Crippen LogP contribution in [0.15, 0.2) is 28.9 Å². The summed E-state index contributed by atoms with van der Waals surface area (Å²) in [5.41, 5.74) is -1.17. The first-order chi connectivity index (χ1) is 6.50. The summed E-state index contributed by atoms with van der Waals surface area (Å²) in [6, 6.07) is 2.60. The van der Waals surface area contributed by atoms with Crippen molar-refractivity contribution >= 4 is 23.4 Å². The smallest absolute Gasteiger partial charge is 0.461 e. The van der Waals surface area contributed by atoms with Crippen molar-refractivity contribution in [2.75, 3.05) is 0 Å². The predicted molar refractivity (Wildman–Crippen MR) is 44.9 cm³/mol. The fraction of sp³-hybridized carbons (Fsp3) is 0. The van der Waals surface area contributed by atoms with E-state index in [1.165, 1.54) is 0 Å². The molecule has 0 saturated heterocycles. The highest BCUT2D eigenvalue weighted by Gasteiger charge is 2.28. The molecule has 0 radical (unpaired) electrons. The second kappa shape index (κ2) is 2.77. The summed E-state index contributed by atoms with van der Waals surface area (Å²) < 4.78 is 54.8. The molecule has 2 rings (SSSR count). The first-order valence-corrected chi connectivity index (χ1v) is 3.85. The molecule has 0 spiro atoms. The zero-order valence-corrected chi connectivity index (χ0v) is 6.81. The molecule has 0 saturated carbocycles. The number of halogens is 4. The fourth-order valence-electron chi connectivity index (χ4n) is 1.34. The van der Waals surface area contributed by atoms with Crippen LogP contribution in [-0.4, -0.2) is 6.98 Å². The third-order valence-electron chi connectivity index (χ3n) is 1.96. The highest BCUT2D eigenvalue weighted by Crippen LogP contribution is 2.21. The largest absolute Gasteiger partial charge is 0.510 e. The minimum Gasteiger partial charge on any atom is -0.461 e. The lowest BCUT2D eigenvalue weighted by Crippen LogP contribution is -2.34. The minimum absolute atomic E-state index is 0.225. The van der Waals surface area contributed by atoms with E-state index in [1.807, 2.05) is 0 Å². The molecule has 0 amide bonds. The van der Waals surface area contributed by atoms with E-state index in [4.69, 9.17) is 0 Å². The molecular formula is C8H4BF4O-. The maximum Gasteiger partial charge on any atom is 0.510 e. The summed E-state index contributed by atoms with van der Waals surface area (Å²) in [7, 11) is 0. The van der Waals surface area contributed by atoms with Gasteiger partial charge in [0.1, 0.15) is 0 Å². The molecule has 0 aliphatic heterocycles. The number of furan rings is 1. The van der Waals surface area contributed by atoms with Crippen molar-refractivity contribution < 1.29 is 21.8 Å². The number of hydrogen-bond acceptors (Lipinski definition) is 1. The molecule has 0 aliphatic carbocycles. The molecule has 0 N–H and O–H groups in total. The van der Waals surface area contributed by atoms with Crippen LogP contribution in [0.4, 0.5) is 17.3 Å². The quantitative estimate of drug-likeness (QED) is 0.512. The van der Waals surface area contributed by atoms with Gasteiger partial charge in [-0.15, -0.1) is 0 Å². The Bertz CT molecular complexity index is 474. The second-order valence-electron chi connectivity index (χ2n) is 2.87. The van der Waals surface area contributed by atoms with Gasteiger partial charge in [-0.25, -0.2) is 4.39 Å². The average Bonchev–Trinajstić information content (AvgIpc) is 2.50. The van der Waals surface area contributed by atoms with Gasteiger partial charge in [0.2, 0.25) is 0 Å². The van der Waals surface area contributed by atoms with Crippen molar-refractivity contribution in [2.45, 2.75) is 0 Å². The molecule has 0 atom stereocenters. The van der Waals surface area contributed by atoms with Gasteiger partial charge in [-0.1, -0.05) is 11.5 Å². The zero-order valence-electron chi connectivity index (χ0n) is 6.81. The van der Waals surface area contributed by atoms with Crippen molar-refractivity contribution in [3.05, 3.63) is 30.3 Å². The Morgan fingerprint density at radius 3 is 2.43 bits per heavy atom. The Kier molecular flexibility index (Phi) is 1.80. The van der Waals surface area contributed by atoms with Crippen LogP contribution in [0.2, 0.25) is 0 Å². The lowest BCUT2D eigenvalue weighted by Gasteiger charge is -2.15. The third kappa shape index (κ3) is 1.27. The van der Waals surface area contributed by atoms with Gasteiger partial charge in [-0.05, 0) is 17.5 Å². The van der Waals surface area contributed by atoms with Crippen LogP contribution in [0.1, 0.15) is 0 Å². The topological polar surface area (TPSA) is 13.1 Å². The SMILES string of the molecule is Fc1ccc([B-](F)(F)F)c2ccoc12. The summed E-state index contributed by atoms with van der Waals surface area (Å²) in [5, 5.41) is -0.225. The van der Waals surface area contributed by atoms with Gasteiger partial charge < -0.3 is 17.4 Å². The Labute approximate surface area is 76.4 Å². The van der Waals surface area contributed by atoms with Crippen LogP contribution in [0.3, 0.4) is 0 Å². The molecule has 74 valence electrons.